The molecule has 3 aromatic carbocycles. The van der Waals surface area contributed by atoms with Crippen LogP contribution in [-0.2, 0) is 9.47 Å². The van der Waals surface area contributed by atoms with Crippen LogP contribution in [0.2, 0.25) is 0 Å². The van der Waals surface area contributed by atoms with Crippen molar-refractivity contribution in [2.75, 3.05) is 19.6 Å². The highest BCUT2D eigenvalue weighted by Crippen LogP contribution is 2.32. The molecule has 5 N–H and O–H groups in total. The third-order valence-electron chi connectivity index (χ3n) is 10.6. The Kier molecular flexibility index (Phi) is 22.4. The summed E-state index contributed by atoms with van der Waals surface area (Å²) in [6, 6.07) is 23.6. The van der Waals surface area contributed by atoms with Crippen LogP contribution in [0.25, 0.3) is 30.6 Å². The maximum Gasteiger partial charge on any atom is 0.407 e. The van der Waals surface area contributed by atoms with Gasteiger partial charge in [0, 0.05) is 24.9 Å². The quantitative estimate of drug-likeness (QED) is 0.0420. The molecule has 0 aliphatic heterocycles. The smallest absolute Gasteiger partial charge is 0.407 e. The van der Waals surface area contributed by atoms with Gasteiger partial charge in [0.2, 0.25) is 0 Å². The molecule has 6 rings (SSSR count). The number of carbonyl (C=O) groups excluding carboxylic acids is 4. The number of nitrogens with two attached hydrogens (primary N) is 1. The van der Waals surface area contributed by atoms with Gasteiger partial charge < -0.3 is 30.9 Å². The summed E-state index contributed by atoms with van der Waals surface area (Å²) in [4.78, 5) is 61.2. The Labute approximate surface area is 414 Å². The van der Waals surface area contributed by atoms with E-state index >= 15 is 0 Å². The first-order valence-corrected chi connectivity index (χ1v) is 26.2. The zero-order valence-corrected chi connectivity index (χ0v) is 43.7. The van der Waals surface area contributed by atoms with Gasteiger partial charge in [-0.3, -0.25) is 9.59 Å². The van der Waals surface area contributed by atoms with Gasteiger partial charge in [0.1, 0.15) is 22.3 Å². The number of para-hydroxylation sites is 3. The monoisotopic (exact) mass is 988 g/mol. The fraction of sp³-hybridized carbons (Fsp3) is 0.519. The van der Waals surface area contributed by atoms with Gasteiger partial charge in [-0.25, -0.2) is 24.5 Å². The van der Waals surface area contributed by atoms with E-state index in [1.54, 1.807) is 11.3 Å². The summed E-state index contributed by atoms with van der Waals surface area (Å²) in [5, 5.41) is 18.0. The number of Topliss-reactive ketones (excluding diaryl/α,β-unsaturated/α-hetero) is 2. The average molecular weight is 989 g/mol. The number of unbranched alkanes of at least 4 members (excludes halogenated alkanes) is 3. The Hall–Kier alpha value is -4.87. The van der Waals surface area contributed by atoms with Gasteiger partial charge in [-0.05, 0) is 129 Å². The standard InChI is InChI=1S/C19H28N2O3S.C19H26N2O3S.C14H18N2OS/c2*1-13(9-7-8-12-20-18(23)24-19(2,3)4)16(22)17-21-14-10-5-6-11-15(14)25-17;1-10(6-4-5-9-15)13(17)14-16-11-7-2-3-8-12(11)18-14/h5-6,10-11,13,16,22H,7-9,12H2,1-4H3,(H,20,23);5-6,10-11,13H,7-9,12H2,1-4H3,(H,20,23);2-3,7-8,10H,4-6,9,15H2,1H3/t13-,16?;13-;10-/m000/s1. The zero-order chi connectivity index (χ0) is 49.9. The minimum Gasteiger partial charge on any atom is -0.444 e. The molecule has 2 amide bonds. The number of amides is 2. The molecule has 0 saturated carbocycles. The molecule has 0 aliphatic rings. The van der Waals surface area contributed by atoms with E-state index in [0.717, 1.165) is 93.4 Å². The van der Waals surface area contributed by atoms with E-state index in [4.69, 9.17) is 15.2 Å². The van der Waals surface area contributed by atoms with E-state index < -0.39 is 23.4 Å². The fourth-order valence-corrected chi connectivity index (χ4v) is 9.95. The number of rotatable bonds is 20. The van der Waals surface area contributed by atoms with Crippen LogP contribution in [-0.4, -0.2) is 74.6 Å². The van der Waals surface area contributed by atoms with Crippen molar-refractivity contribution in [1.82, 2.24) is 25.6 Å². The number of fused-ring (bicyclic) bond motifs is 3. The van der Waals surface area contributed by atoms with E-state index in [1.807, 2.05) is 135 Å². The Morgan fingerprint density at radius 1 is 0.574 bits per heavy atom. The van der Waals surface area contributed by atoms with Crippen molar-refractivity contribution < 1.29 is 33.8 Å². The second kappa shape index (κ2) is 27.4. The Bertz CT molecular complexity index is 2410. The lowest BCUT2D eigenvalue weighted by Crippen LogP contribution is -2.33. The molecule has 0 spiro atoms. The Morgan fingerprint density at radius 3 is 1.35 bits per heavy atom. The average Bonchev–Trinajstić information content (AvgIpc) is 4.04. The number of aliphatic hydroxyl groups excluding tert-OH is 1. The first-order chi connectivity index (χ1) is 32.2. The molecule has 68 heavy (non-hydrogen) atoms. The molecule has 4 atom stereocenters. The predicted octanol–water partition coefficient (Wildman–Crippen LogP) is 12.7. The molecule has 0 radical (unpaired) electrons. The number of aromatic nitrogens is 3. The predicted molar refractivity (Wildman–Crippen MR) is 279 cm³/mol. The van der Waals surface area contributed by atoms with Crippen LogP contribution in [0.5, 0.6) is 0 Å². The van der Waals surface area contributed by atoms with Crippen molar-refractivity contribution >= 4 is 88.4 Å². The van der Waals surface area contributed by atoms with Crippen molar-refractivity contribution in [3.8, 4) is 0 Å². The van der Waals surface area contributed by atoms with Crippen molar-refractivity contribution in [3.05, 3.63) is 87.8 Å². The van der Waals surface area contributed by atoms with Gasteiger partial charge in [0.05, 0.1) is 30.6 Å². The van der Waals surface area contributed by atoms with E-state index in [0.29, 0.717) is 29.6 Å². The van der Waals surface area contributed by atoms with Crippen LogP contribution in [0.3, 0.4) is 0 Å². The van der Waals surface area contributed by atoms with Crippen LogP contribution >= 0.6 is 34.0 Å². The minimum absolute atomic E-state index is 0.0390. The van der Waals surface area contributed by atoms with Crippen molar-refractivity contribution in [2.24, 2.45) is 23.5 Å². The summed E-state index contributed by atoms with van der Waals surface area (Å²) in [5.41, 5.74) is 7.24. The maximum absolute atomic E-state index is 12.5. The van der Waals surface area contributed by atoms with Gasteiger partial charge >= 0.3 is 12.2 Å². The molecule has 6 aromatic rings. The minimum atomic E-state index is -0.545. The number of carbonyl (C=O) groups is 4. The maximum atomic E-state index is 12.5. The lowest BCUT2D eigenvalue weighted by atomic mass is 9.98. The van der Waals surface area contributed by atoms with Crippen molar-refractivity contribution in [2.45, 2.75) is 137 Å². The molecular weight excluding hydrogens is 917 g/mol. The Morgan fingerprint density at radius 2 is 0.956 bits per heavy atom. The first kappa shape index (κ1) is 55.7. The number of benzene rings is 3. The molecule has 370 valence electrons. The first-order valence-electron chi connectivity index (χ1n) is 23.7. The van der Waals surface area contributed by atoms with Gasteiger partial charge in [-0.15, -0.1) is 34.0 Å². The highest BCUT2D eigenvalue weighted by Gasteiger charge is 2.22. The number of hydrogen-bond acceptors (Lipinski definition) is 14. The third kappa shape index (κ3) is 19.3. The number of ketones is 2. The number of ether oxygens (including phenoxy) is 2. The molecule has 0 aliphatic carbocycles. The van der Waals surface area contributed by atoms with Gasteiger partial charge in [-0.2, -0.15) is 0 Å². The molecule has 1 unspecified atom stereocenters. The number of alkyl carbamates (subject to hydrolysis) is 2. The van der Waals surface area contributed by atoms with E-state index in [1.165, 1.54) is 22.7 Å². The van der Waals surface area contributed by atoms with Crippen LogP contribution < -0.4 is 16.4 Å². The molecule has 0 saturated heterocycles. The summed E-state index contributed by atoms with van der Waals surface area (Å²) in [5.74, 6) is 0.357. The Balaban J connectivity index is 0.000000226. The number of nitrogens with one attached hydrogen (secondary N) is 2. The van der Waals surface area contributed by atoms with E-state index in [9.17, 15) is 24.3 Å². The molecular formula is C52H72N6O7S3. The summed E-state index contributed by atoms with van der Waals surface area (Å²) >= 11 is 4.49. The van der Waals surface area contributed by atoms with E-state index in [-0.39, 0.29) is 35.4 Å². The van der Waals surface area contributed by atoms with Gasteiger partial charge in [0.25, 0.3) is 0 Å². The molecule has 13 nitrogen and oxygen atoms in total. The van der Waals surface area contributed by atoms with Crippen molar-refractivity contribution in [3.63, 3.8) is 0 Å². The number of thiazole rings is 3. The molecule has 3 aromatic heterocycles. The van der Waals surface area contributed by atoms with Crippen LogP contribution in [0.4, 0.5) is 9.59 Å². The highest BCUT2D eigenvalue weighted by atomic mass is 32.1. The molecule has 0 fully saturated rings. The van der Waals surface area contributed by atoms with Crippen LogP contribution in [0.15, 0.2) is 72.8 Å². The SMILES string of the molecule is C[C@@H](CCCCN)C(=O)c1nc2ccccc2s1.C[C@@H](CCCCNC(=O)OC(C)(C)C)C(=O)c1nc2ccccc2s1.C[C@@H](CCCCNC(=O)OC(C)(C)C)C(O)c1nc2ccccc2s1. The molecule has 16 heteroatoms. The summed E-state index contributed by atoms with van der Waals surface area (Å²) in [6.07, 6.45) is 6.70. The summed E-state index contributed by atoms with van der Waals surface area (Å²) in [7, 11) is 0. The third-order valence-corrected chi connectivity index (χ3v) is 13.8. The second-order valence-electron chi connectivity index (χ2n) is 19.1. The topological polar surface area (TPSA) is 196 Å². The molecule has 0 bridgehead atoms. The normalized spacial score (nSPS) is 13.3. The largest absolute Gasteiger partial charge is 0.444 e. The summed E-state index contributed by atoms with van der Waals surface area (Å²) < 4.78 is 13.6. The highest BCUT2D eigenvalue weighted by molar-refractivity contribution is 7.20. The number of aliphatic hydroxyl groups is 1. The lowest BCUT2D eigenvalue weighted by Gasteiger charge is -2.20. The van der Waals surface area contributed by atoms with Crippen LogP contribution in [0.1, 0.15) is 151 Å². The van der Waals surface area contributed by atoms with Gasteiger partial charge in [0.15, 0.2) is 21.6 Å². The second-order valence-corrected chi connectivity index (χ2v) is 22.2. The lowest BCUT2D eigenvalue weighted by molar-refractivity contribution is 0.0515. The van der Waals surface area contributed by atoms with Crippen LogP contribution in [0, 0.1) is 17.8 Å². The number of nitrogens with zero attached hydrogens (tertiary/aromatic N) is 3. The number of hydrogen-bond donors (Lipinski definition) is 4. The zero-order valence-electron chi connectivity index (χ0n) is 41.3. The van der Waals surface area contributed by atoms with E-state index in [2.05, 4.69) is 25.6 Å². The van der Waals surface area contributed by atoms with Gasteiger partial charge in [-0.1, -0.05) is 76.4 Å². The fourth-order valence-electron chi connectivity index (χ4n) is 6.83. The summed E-state index contributed by atoms with van der Waals surface area (Å²) in [6.45, 7) is 18.8. The molecule has 3 heterocycles. The van der Waals surface area contributed by atoms with Crippen molar-refractivity contribution in [1.29, 1.82) is 0 Å².